The number of rotatable bonds is 11. The number of halogens is 1. The normalized spacial score (nSPS) is 19.6. The average molecular weight is 454 g/mol. The number of ketones is 1. The predicted molar refractivity (Wildman–Crippen MR) is 125 cm³/mol. The Bertz CT molecular complexity index is 763. The molecule has 0 saturated heterocycles. The first-order valence-electron chi connectivity index (χ1n) is 10.5. The summed E-state index contributed by atoms with van der Waals surface area (Å²) in [4.78, 5) is 18.3. The lowest BCUT2D eigenvalue weighted by molar-refractivity contribution is -0.116. The Morgan fingerprint density at radius 2 is 1.97 bits per heavy atom. The molecule has 1 aliphatic rings. The lowest BCUT2D eigenvalue weighted by Gasteiger charge is -2.26. The molecule has 0 fully saturated rings. The van der Waals surface area contributed by atoms with E-state index in [9.17, 15) is 9.90 Å². The summed E-state index contributed by atoms with van der Waals surface area (Å²) < 4.78 is 5.66. The van der Waals surface area contributed by atoms with E-state index in [-0.39, 0.29) is 23.6 Å². The second kappa shape index (κ2) is 12.3. The molecule has 30 heavy (non-hydrogen) atoms. The van der Waals surface area contributed by atoms with Crippen LogP contribution in [-0.2, 0) is 9.63 Å². The maximum absolute atomic E-state index is 12.7. The molecule has 0 bridgehead atoms. The molecule has 3 unspecified atom stereocenters. The van der Waals surface area contributed by atoms with Gasteiger partial charge in [0.05, 0.1) is 11.3 Å². The number of benzene rings is 1. The van der Waals surface area contributed by atoms with Gasteiger partial charge in [-0.15, -0.1) is 0 Å². The number of nitrogens with zero attached hydrogens (tertiary/aromatic N) is 1. The maximum atomic E-state index is 12.7. The van der Waals surface area contributed by atoms with Crippen molar-refractivity contribution < 1.29 is 19.5 Å². The van der Waals surface area contributed by atoms with Crippen molar-refractivity contribution in [3.8, 4) is 5.75 Å². The van der Waals surface area contributed by atoms with Crippen molar-refractivity contribution in [1.82, 2.24) is 0 Å². The van der Waals surface area contributed by atoms with Crippen molar-refractivity contribution in [3.63, 3.8) is 0 Å². The third-order valence-corrected chi connectivity index (χ3v) is 6.25. The quantitative estimate of drug-likeness (QED) is 0.318. The van der Waals surface area contributed by atoms with Gasteiger partial charge in [0.2, 0.25) is 0 Å². The zero-order chi connectivity index (χ0) is 22.1. The molecule has 7 heteroatoms. The van der Waals surface area contributed by atoms with Gasteiger partial charge in [0, 0.05) is 23.1 Å². The summed E-state index contributed by atoms with van der Waals surface area (Å²) in [6.45, 7) is 8.35. The highest BCUT2D eigenvalue weighted by Crippen LogP contribution is 2.32. The second-order valence-electron chi connectivity index (χ2n) is 7.59. The van der Waals surface area contributed by atoms with E-state index in [2.05, 4.69) is 19.0 Å². The summed E-state index contributed by atoms with van der Waals surface area (Å²) >= 11 is 7.75. The lowest BCUT2D eigenvalue weighted by atomic mass is 9.82. The topological polar surface area (TPSA) is 68.1 Å². The third kappa shape index (κ3) is 7.55. The Balaban J connectivity index is 1.96. The number of Topliss-reactive ketones (excluding diaryl/α,β-unsaturated/α-hetero) is 1. The Labute approximate surface area is 188 Å². The molecule has 0 aliphatic heterocycles. The Morgan fingerprint density at radius 3 is 2.57 bits per heavy atom. The van der Waals surface area contributed by atoms with E-state index in [1.165, 1.54) is 0 Å². The van der Waals surface area contributed by atoms with E-state index in [4.69, 9.17) is 21.2 Å². The average Bonchev–Trinajstić information content (AvgIpc) is 2.69. The van der Waals surface area contributed by atoms with E-state index in [1.807, 2.05) is 25.6 Å². The summed E-state index contributed by atoms with van der Waals surface area (Å²) in [5, 5.41) is 15.9. The molecule has 166 valence electrons. The first kappa shape index (κ1) is 24.6. The van der Waals surface area contributed by atoms with Gasteiger partial charge in [0.25, 0.3) is 0 Å². The zero-order valence-corrected chi connectivity index (χ0v) is 19.8. The maximum Gasteiger partial charge on any atom is 0.168 e. The minimum atomic E-state index is -0.316. The summed E-state index contributed by atoms with van der Waals surface area (Å²) in [5.41, 5.74) is 0.820. The standard InChI is InChI=1S/C23H32ClNO4S/c1-5-20(25-29-15(3)14-28-19-9-7-18(24)8-10-19)23-21(26)12-17(13-22(23)27)11-16(4)30-6-2/h7-10,15-17,26H,5-6,11-14H2,1-4H3. The van der Waals surface area contributed by atoms with Crippen molar-refractivity contribution in [2.24, 2.45) is 11.1 Å². The van der Waals surface area contributed by atoms with Gasteiger partial charge >= 0.3 is 0 Å². The van der Waals surface area contributed by atoms with Gasteiger partial charge in [-0.05, 0) is 55.7 Å². The van der Waals surface area contributed by atoms with Crippen LogP contribution in [0, 0.1) is 5.92 Å². The highest BCUT2D eigenvalue weighted by Gasteiger charge is 2.31. The van der Waals surface area contributed by atoms with Gasteiger partial charge in [-0.25, -0.2) is 0 Å². The fourth-order valence-corrected chi connectivity index (χ4v) is 4.61. The second-order valence-corrected chi connectivity index (χ2v) is 9.75. The van der Waals surface area contributed by atoms with E-state index in [0.717, 1.165) is 12.2 Å². The van der Waals surface area contributed by atoms with Crippen LogP contribution in [0.3, 0.4) is 0 Å². The molecule has 1 aliphatic carbocycles. The molecule has 5 nitrogen and oxygen atoms in total. The minimum Gasteiger partial charge on any atom is -0.511 e. The van der Waals surface area contributed by atoms with Gasteiger partial charge in [0.15, 0.2) is 11.9 Å². The number of oxime groups is 1. The van der Waals surface area contributed by atoms with Crippen molar-refractivity contribution >= 4 is 34.9 Å². The van der Waals surface area contributed by atoms with Crippen LogP contribution in [0.25, 0.3) is 0 Å². The Morgan fingerprint density at radius 1 is 1.27 bits per heavy atom. The molecule has 1 aromatic carbocycles. The van der Waals surface area contributed by atoms with Crippen LogP contribution in [0.1, 0.15) is 53.4 Å². The van der Waals surface area contributed by atoms with Gasteiger partial charge < -0.3 is 14.7 Å². The zero-order valence-electron chi connectivity index (χ0n) is 18.2. The summed E-state index contributed by atoms with van der Waals surface area (Å²) in [6, 6.07) is 7.09. The van der Waals surface area contributed by atoms with Crippen LogP contribution < -0.4 is 4.74 Å². The van der Waals surface area contributed by atoms with E-state index in [0.29, 0.717) is 53.2 Å². The van der Waals surface area contributed by atoms with E-state index in [1.54, 1.807) is 24.3 Å². The van der Waals surface area contributed by atoms with Crippen molar-refractivity contribution in [3.05, 3.63) is 40.6 Å². The Hall–Kier alpha value is -1.66. The van der Waals surface area contributed by atoms with Crippen LogP contribution in [0.15, 0.2) is 40.8 Å². The number of aliphatic hydroxyl groups excluding tert-OH is 1. The Kier molecular flexibility index (Phi) is 10.1. The van der Waals surface area contributed by atoms with Gasteiger partial charge in [-0.2, -0.15) is 11.8 Å². The molecule has 0 heterocycles. The number of hydrogen-bond donors (Lipinski definition) is 1. The fourth-order valence-electron chi connectivity index (χ4n) is 3.50. The first-order chi connectivity index (χ1) is 14.3. The van der Waals surface area contributed by atoms with Crippen LogP contribution >= 0.6 is 23.4 Å². The first-order valence-corrected chi connectivity index (χ1v) is 11.9. The van der Waals surface area contributed by atoms with Gasteiger partial charge in [-0.1, -0.05) is 37.5 Å². The van der Waals surface area contributed by atoms with Crippen LogP contribution in [0.5, 0.6) is 5.75 Å². The number of hydrogen-bond acceptors (Lipinski definition) is 6. The van der Waals surface area contributed by atoms with Crippen LogP contribution in [-0.4, -0.2) is 40.3 Å². The number of thioether (sulfide) groups is 1. The molecular formula is C23H32ClNO4S. The molecule has 0 radical (unpaired) electrons. The number of carbonyl (C=O) groups excluding carboxylic acids is 1. The molecule has 2 rings (SSSR count). The molecule has 1 aromatic rings. The third-order valence-electron chi connectivity index (χ3n) is 4.90. The van der Waals surface area contributed by atoms with Crippen LogP contribution in [0.2, 0.25) is 5.02 Å². The molecule has 3 atom stereocenters. The monoisotopic (exact) mass is 453 g/mol. The summed E-state index contributed by atoms with van der Waals surface area (Å²) in [5.74, 6) is 2.02. The van der Waals surface area contributed by atoms with Crippen molar-refractivity contribution in [1.29, 1.82) is 0 Å². The van der Waals surface area contributed by atoms with Gasteiger partial charge in [-0.3, -0.25) is 4.79 Å². The fraction of sp³-hybridized carbons (Fsp3) is 0.565. The SMILES string of the molecule is CCSC(C)CC1CC(=O)C(C(CC)=NOC(C)COc2ccc(Cl)cc2)=C(O)C1. The molecular weight excluding hydrogens is 422 g/mol. The number of aliphatic hydroxyl groups is 1. The predicted octanol–water partition coefficient (Wildman–Crippen LogP) is 6.21. The molecule has 0 saturated carbocycles. The summed E-state index contributed by atoms with van der Waals surface area (Å²) in [6.07, 6.45) is 2.08. The number of carbonyl (C=O) groups is 1. The number of ether oxygens (including phenoxy) is 1. The van der Waals surface area contributed by atoms with Gasteiger partial charge in [0.1, 0.15) is 18.1 Å². The van der Waals surface area contributed by atoms with Crippen molar-refractivity contribution in [2.75, 3.05) is 12.4 Å². The van der Waals surface area contributed by atoms with E-state index >= 15 is 0 Å². The highest BCUT2D eigenvalue weighted by atomic mass is 35.5. The molecule has 0 aromatic heterocycles. The smallest absolute Gasteiger partial charge is 0.168 e. The number of allylic oxidation sites excluding steroid dienone is 2. The molecule has 0 spiro atoms. The largest absolute Gasteiger partial charge is 0.511 e. The molecule has 1 N–H and O–H groups in total. The lowest BCUT2D eigenvalue weighted by Crippen LogP contribution is -2.26. The molecule has 0 amide bonds. The van der Waals surface area contributed by atoms with Crippen molar-refractivity contribution in [2.45, 2.75) is 64.7 Å². The minimum absolute atomic E-state index is 0.0493. The van der Waals surface area contributed by atoms with E-state index < -0.39 is 0 Å². The highest BCUT2D eigenvalue weighted by molar-refractivity contribution is 7.99. The van der Waals surface area contributed by atoms with Crippen LogP contribution in [0.4, 0.5) is 0 Å². The summed E-state index contributed by atoms with van der Waals surface area (Å²) in [7, 11) is 0.